The zero-order valence-electron chi connectivity index (χ0n) is 11.9. The molecular formula is C16H16N2O3. The fourth-order valence-corrected chi connectivity index (χ4v) is 1.94. The molecule has 0 atom stereocenters. The van der Waals surface area contributed by atoms with Gasteiger partial charge in [-0.25, -0.2) is 0 Å². The molecular weight excluding hydrogens is 268 g/mol. The molecule has 0 radical (unpaired) electrons. The maximum absolute atomic E-state index is 12.1. The highest BCUT2D eigenvalue weighted by Crippen LogP contribution is 2.20. The minimum atomic E-state index is -0.518. The molecule has 1 N–H and O–H groups in total. The smallest absolute Gasteiger partial charge is 0.270 e. The van der Waals surface area contributed by atoms with Gasteiger partial charge >= 0.3 is 0 Å². The van der Waals surface area contributed by atoms with Crippen LogP contribution in [0.5, 0.6) is 0 Å². The number of nitro groups is 1. The molecule has 2 aromatic carbocycles. The standard InChI is InChI=1S/C16H16N2O3/c1-11(2)12-5-3-7-14(9-12)17-16(19)13-6-4-8-15(10-13)18(20)21/h3-11H,1-2H3,(H,17,19). The zero-order valence-corrected chi connectivity index (χ0v) is 11.9. The lowest BCUT2D eigenvalue weighted by atomic mass is 10.0. The van der Waals surface area contributed by atoms with Crippen LogP contribution in [0, 0.1) is 10.1 Å². The highest BCUT2D eigenvalue weighted by atomic mass is 16.6. The minimum Gasteiger partial charge on any atom is -0.322 e. The Morgan fingerprint density at radius 3 is 2.52 bits per heavy atom. The molecule has 0 aliphatic rings. The number of non-ortho nitro benzene ring substituents is 1. The Balaban J connectivity index is 2.20. The van der Waals surface area contributed by atoms with Crippen LogP contribution in [-0.4, -0.2) is 10.8 Å². The van der Waals surface area contributed by atoms with Gasteiger partial charge in [0.2, 0.25) is 0 Å². The van der Waals surface area contributed by atoms with Crippen LogP contribution in [0.1, 0.15) is 35.7 Å². The third-order valence-electron chi connectivity index (χ3n) is 3.13. The molecule has 0 aromatic heterocycles. The Bertz CT molecular complexity index is 681. The molecule has 0 unspecified atom stereocenters. The Kier molecular flexibility index (Phi) is 4.33. The fourth-order valence-electron chi connectivity index (χ4n) is 1.94. The monoisotopic (exact) mass is 284 g/mol. The number of anilines is 1. The van der Waals surface area contributed by atoms with E-state index in [1.807, 2.05) is 18.2 Å². The molecule has 0 bridgehead atoms. The van der Waals surface area contributed by atoms with Crippen LogP contribution in [0.3, 0.4) is 0 Å². The summed E-state index contributed by atoms with van der Waals surface area (Å²) in [6.07, 6.45) is 0. The summed E-state index contributed by atoms with van der Waals surface area (Å²) in [4.78, 5) is 22.3. The molecule has 0 aliphatic heterocycles. The zero-order chi connectivity index (χ0) is 15.4. The molecule has 0 heterocycles. The van der Waals surface area contributed by atoms with Crippen molar-refractivity contribution in [2.45, 2.75) is 19.8 Å². The van der Waals surface area contributed by atoms with E-state index in [1.54, 1.807) is 12.1 Å². The largest absolute Gasteiger partial charge is 0.322 e. The number of amides is 1. The molecule has 21 heavy (non-hydrogen) atoms. The Labute approximate surface area is 122 Å². The summed E-state index contributed by atoms with van der Waals surface area (Å²) >= 11 is 0. The molecule has 0 saturated carbocycles. The van der Waals surface area contributed by atoms with Gasteiger partial charge in [0, 0.05) is 23.4 Å². The van der Waals surface area contributed by atoms with Crippen molar-refractivity contribution in [1.82, 2.24) is 0 Å². The highest BCUT2D eigenvalue weighted by molar-refractivity contribution is 6.04. The third-order valence-corrected chi connectivity index (χ3v) is 3.13. The second-order valence-electron chi connectivity index (χ2n) is 5.04. The van der Waals surface area contributed by atoms with E-state index in [-0.39, 0.29) is 17.2 Å². The number of benzene rings is 2. The van der Waals surface area contributed by atoms with Crippen molar-refractivity contribution in [2.75, 3.05) is 5.32 Å². The number of hydrogen-bond donors (Lipinski definition) is 1. The molecule has 108 valence electrons. The molecule has 0 aliphatic carbocycles. The first-order chi connectivity index (χ1) is 9.97. The highest BCUT2D eigenvalue weighted by Gasteiger charge is 2.12. The van der Waals surface area contributed by atoms with Crippen LogP contribution < -0.4 is 5.32 Å². The number of rotatable bonds is 4. The average Bonchev–Trinajstić information content (AvgIpc) is 2.47. The molecule has 0 saturated heterocycles. The Hall–Kier alpha value is -2.69. The summed E-state index contributed by atoms with van der Waals surface area (Å²) in [5.41, 5.74) is 1.96. The van der Waals surface area contributed by atoms with Gasteiger partial charge in [0.05, 0.1) is 4.92 Å². The summed E-state index contributed by atoms with van der Waals surface area (Å²) in [6.45, 7) is 4.14. The first-order valence-electron chi connectivity index (χ1n) is 6.63. The van der Waals surface area contributed by atoms with Crippen LogP contribution in [0.2, 0.25) is 0 Å². The van der Waals surface area contributed by atoms with Gasteiger partial charge in [-0.1, -0.05) is 32.0 Å². The van der Waals surface area contributed by atoms with E-state index in [0.717, 1.165) is 5.56 Å². The molecule has 1 amide bonds. The number of nitrogens with zero attached hydrogens (tertiary/aromatic N) is 1. The van der Waals surface area contributed by atoms with E-state index in [1.165, 1.54) is 18.2 Å². The van der Waals surface area contributed by atoms with E-state index in [9.17, 15) is 14.9 Å². The maximum atomic E-state index is 12.1. The van der Waals surface area contributed by atoms with Crippen molar-refractivity contribution in [2.24, 2.45) is 0 Å². The number of carbonyl (C=O) groups is 1. The van der Waals surface area contributed by atoms with Crippen LogP contribution in [-0.2, 0) is 0 Å². The van der Waals surface area contributed by atoms with E-state index in [2.05, 4.69) is 19.2 Å². The van der Waals surface area contributed by atoms with Crippen molar-refractivity contribution in [3.63, 3.8) is 0 Å². The van der Waals surface area contributed by atoms with Gasteiger partial charge < -0.3 is 5.32 Å². The fraction of sp³-hybridized carbons (Fsp3) is 0.188. The van der Waals surface area contributed by atoms with E-state index >= 15 is 0 Å². The number of nitro benzene ring substituents is 1. The van der Waals surface area contributed by atoms with Gasteiger partial charge in [0.1, 0.15) is 0 Å². The summed E-state index contributed by atoms with van der Waals surface area (Å²) in [5.74, 6) is -0.000675. The quantitative estimate of drug-likeness (QED) is 0.682. The summed E-state index contributed by atoms with van der Waals surface area (Å²) in [7, 11) is 0. The van der Waals surface area contributed by atoms with E-state index < -0.39 is 4.92 Å². The second-order valence-corrected chi connectivity index (χ2v) is 5.04. The molecule has 5 nitrogen and oxygen atoms in total. The van der Waals surface area contributed by atoms with Crippen LogP contribution >= 0.6 is 0 Å². The van der Waals surface area contributed by atoms with Crippen molar-refractivity contribution < 1.29 is 9.72 Å². The van der Waals surface area contributed by atoms with Crippen molar-refractivity contribution >= 4 is 17.3 Å². The van der Waals surface area contributed by atoms with Crippen LogP contribution in [0.15, 0.2) is 48.5 Å². The van der Waals surface area contributed by atoms with Gasteiger partial charge in [-0.05, 0) is 29.7 Å². The third kappa shape index (κ3) is 3.66. The van der Waals surface area contributed by atoms with Gasteiger partial charge in [0.25, 0.3) is 11.6 Å². The first-order valence-corrected chi connectivity index (χ1v) is 6.63. The van der Waals surface area contributed by atoms with Gasteiger partial charge in [-0.2, -0.15) is 0 Å². The minimum absolute atomic E-state index is 0.0985. The summed E-state index contributed by atoms with van der Waals surface area (Å²) < 4.78 is 0. The molecule has 0 fully saturated rings. The van der Waals surface area contributed by atoms with Gasteiger partial charge in [-0.15, -0.1) is 0 Å². The van der Waals surface area contributed by atoms with Gasteiger partial charge in [-0.3, -0.25) is 14.9 Å². The number of carbonyl (C=O) groups excluding carboxylic acids is 1. The molecule has 5 heteroatoms. The molecule has 0 spiro atoms. The van der Waals surface area contributed by atoms with Crippen molar-refractivity contribution in [3.05, 3.63) is 69.8 Å². The Morgan fingerprint density at radius 2 is 1.86 bits per heavy atom. The lowest BCUT2D eigenvalue weighted by Gasteiger charge is -2.09. The molecule has 2 rings (SSSR count). The summed E-state index contributed by atoms with van der Waals surface area (Å²) in [6, 6.07) is 13.2. The maximum Gasteiger partial charge on any atom is 0.270 e. The van der Waals surface area contributed by atoms with E-state index in [4.69, 9.17) is 0 Å². The van der Waals surface area contributed by atoms with Crippen molar-refractivity contribution in [3.8, 4) is 0 Å². The second kappa shape index (κ2) is 6.17. The first kappa shape index (κ1) is 14.7. The van der Waals surface area contributed by atoms with Gasteiger partial charge in [0.15, 0.2) is 0 Å². The predicted octanol–water partition coefficient (Wildman–Crippen LogP) is 3.97. The Morgan fingerprint density at radius 1 is 1.14 bits per heavy atom. The molecule has 2 aromatic rings. The van der Waals surface area contributed by atoms with Crippen molar-refractivity contribution in [1.29, 1.82) is 0 Å². The SMILES string of the molecule is CC(C)c1cccc(NC(=O)c2cccc([N+](=O)[O-])c2)c1. The van der Waals surface area contributed by atoms with Crippen LogP contribution in [0.25, 0.3) is 0 Å². The average molecular weight is 284 g/mol. The van der Waals surface area contributed by atoms with E-state index in [0.29, 0.717) is 11.6 Å². The topological polar surface area (TPSA) is 72.2 Å². The lowest BCUT2D eigenvalue weighted by molar-refractivity contribution is -0.384. The number of nitrogens with one attached hydrogen (secondary N) is 1. The lowest BCUT2D eigenvalue weighted by Crippen LogP contribution is -2.12. The predicted molar refractivity (Wildman–Crippen MR) is 81.6 cm³/mol. The van der Waals surface area contributed by atoms with Crippen LogP contribution in [0.4, 0.5) is 11.4 Å². The summed E-state index contributed by atoms with van der Waals surface area (Å²) in [5, 5.41) is 13.5. The normalized spacial score (nSPS) is 10.4. The number of hydrogen-bond acceptors (Lipinski definition) is 3.